The first-order valence-electron chi connectivity index (χ1n) is 4.02. The summed E-state index contributed by atoms with van der Waals surface area (Å²) in [4.78, 5) is 21.2. The van der Waals surface area contributed by atoms with Crippen molar-refractivity contribution in [1.82, 2.24) is 0 Å². The standard InChI is InChI=1S/C8H12O4.2Ag/c9-6(10)5-8(7(11)12)3-1-2-4-8;;/h1-5H2,(H,9,10)(H,11,12);;. The van der Waals surface area contributed by atoms with Crippen molar-refractivity contribution in [2.45, 2.75) is 32.1 Å². The molecule has 14 heavy (non-hydrogen) atoms. The van der Waals surface area contributed by atoms with Crippen LogP contribution in [0.4, 0.5) is 0 Å². The number of hydrogen-bond donors (Lipinski definition) is 2. The predicted octanol–water partition coefficient (Wildman–Crippen LogP) is 1.10. The second-order valence-electron chi connectivity index (χ2n) is 3.36. The Bertz CT molecular complexity index is 211. The Balaban J connectivity index is 0. The van der Waals surface area contributed by atoms with Crippen LogP contribution >= 0.6 is 0 Å². The van der Waals surface area contributed by atoms with E-state index in [9.17, 15) is 9.59 Å². The van der Waals surface area contributed by atoms with Gasteiger partial charge in [-0.2, -0.15) is 0 Å². The van der Waals surface area contributed by atoms with Crippen LogP contribution in [0, 0.1) is 5.41 Å². The zero-order chi connectivity index (χ0) is 9.19. The van der Waals surface area contributed by atoms with E-state index < -0.39 is 17.4 Å². The molecule has 1 fully saturated rings. The van der Waals surface area contributed by atoms with E-state index in [4.69, 9.17) is 10.2 Å². The maximum atomic E-state index is 10.8. The minimum Gasteiger partial charge on any atom is -0.481 e. The number of carbonyl (C=O) groups is 2. The van der Waals surface area contributed by atoms with Crippen LogP contribution in [0.15, 0.2) is 0 Å². The average Bonchev–Trinajstić information content (AvgIpc) is 2.35. The third-order valence-electron chi connectivity index (χ3n) is 2.50. The van der Waals surface area contributed by atoms with Crippen molar-refractivity contribution in [3.8, 4) is 0 Å². The average molecular weight is 388 g/mol. The Labute approximate surface area is 113 Å². The summed E-state index contributed by atoms with van der Waals surface area (Å²) >= 11 is 0. The van der Waals surface area contributed by atoms with E-state index in [1.807, 2.05) is 0 Å². The van der Waals surface area contributed by atoms with Gasteiger partial charge in [-0.25, -0.2) is 0 Å². The van der Waals surface area contributed by atoms with E-state index in [0.717, 1.165) is 12.8 Å². The van der Waals surface area contributed by atoms with E-state index >= 15 is 0 Å². The smallest absolute Gasteiger partial charge is 0.310 e. The fourth-order valence-electron chi connectivity index (χ4n) is 1.81. The van der Waals surface area contributed by atoms with Crippen molar-refractivity contribution in [2.75, 3.05) is 0 Å². The summed E-state index contributed by atoms with van der Waals surface area (Å²) in [7, 11) is 0. The van der Waals surface area contributed by atoms with E-state index in [2.05, 4.69) is 0 Å². The van der Waals surface area contributed by atoms with E-state index in [1.54, 1.807) is 0 Å². The van der Waals surface area contributed by atoms with E-state index in [0.29, 0.717) is 12.8 Å². The van der Waals surface area contributed by atoms with Crippen LogP contribution < -0.4 is 0 Å². The van der Waals surface area contributed by atoms with Crippen LogP contribution in [0.25, 0.3) is 0 Å². The van der Waals surface area contributed by atoms with Crippen LogP contribution in [-0.4, -0.2) is 22.2 Å². The van der Waals surface area contributed by atoms with E-state index in [-0.39, 0.29) is 51.2 Å². The van der Waals surface area contributed by atoms with Gasteiger partial charge in [0.2, 0.25) is 0 Å². The zero-order valence-electron chi connectivity index (χ0n) is 7.35. The maximum absolute atomic E-state index is 10.8. The van der Waals surface area contributed by atoms with Crippen molar-refractivity contribution in [3.63, 3.8) is 0 Å². The topological polar surface area (TPSA) is 74.6 Å². The molecular weight excluding hydrogens is 376 g/mol. The van der Waals surface area contributed by atoms with Crippen LogP contribution in [0.3, 0.4) is 0 Å². The van der Waals surface area contributed by atoms with Gasteiger partial charge in [-0.3, -0.25) is 9.59 Å². The van der Waals surface area contributed by atoms with Crippen molar-refractivity contribution in [1.29, 1.82) is 0 Å². The fraction of sp³-hybridized carbons (Fsp3) is 0.750. The van der Waals surface area contributed by atoms with Gasteiger partial charge in [0.05, 0.1) is 11.8 Å². The molecule has 2 radical (unpaired) electrons. The van der Waals surface area contributed by atoms with Crippen molar-refractivity contribution in [2.24, 2.45) is 5.41 Å². The number of aliphatic carboxylic acids is 2. The molecule has 4 nitrogen and oxygen atoms in total. The first-order valence-corrected chi connectivity index (χ1v) is 4.02. The summed E-state index contributed by atoms with van der Waals surface area (Å²) in [5, 5.41) is 17.4. The minimum absolute atomic E-state index is 0. The van der Waals surface area contributed by atoms with Gasteiger partial charge in [0.1, 0.15) is 0 Å². The summed E-state index contributed by atoms with van der Waals surface area (Å²) in [5.41, 5.74) is -0.966. The molecule has 1 rings (SSSR count). The summed E-state index contributed by atoms with van der Waals surface area (Å²) in [6.07, 6.45) is 2.45. The fourth-order valence-corrected chi connectivity index (χ4v) is 1.81. The molecular formula is C8H12Ag2O4. The minimum atomic E-state index is -1.01. The molecule has 2 N–H and O–H groups in total. The molecule has 6 heteroatoms. The molecule has 0 aliphatic heterocycles. The molecule has 0 bridgehead atoms. The molecule has 1 aliphatic rings. The van der Waals surface area contributed by atoms with E-state index in [1.165, 1.54) is 0 Å². The first-order chi connectivity index (χ1) is 5.57. The quantitative estimate of drug-likeness (QED) is 0.711. The molecule has 0 aromatic carbocycles. The Morgan fingerprint density at radius 3 is 1.79 bits per heavy atom. The predicted molar refractivity (Wildman–Crippen MR) is 40.8 cm³/mol. The van der Waals surface area contributed by atoms with Gasteiger partial charge < -0.3 is 10.2 Å². The van der Waals surface area contributed by atoms with Crippen molar-refractivity contribution in [3.05, 3.63) is 0 Å². The normalized spacial score (nSPS) is 17.7. The molecule has 0 atom stereocenters. The van der Waals surface area contributed by atoms with Gasteiger partial charge in [-0.15, -0.1) is 0 Å². The zero-order valence-corrected chi connectivity index (χ0v) is 10.3. The molecule has 0 aromatic rings. The largest absolute Gasteiger partial charge is 0.481 e. The molecule has 0 amide bonds. The van der Waals surface area contributed by atoms with Crippen LogP contribution in [0.5, 0.6) is 0 Å². The second kappa shape index (κ2) is 6.82. The molecule has 0 saturated heterocycles. The first kappa shape index (κ1) is 16.8. The van der Waals surface area contributed by atoms with Crippen molar-refractivity contribution >= 4 is 11.9 Å². The molecule has 90 valence electrons. The third-order valence-corrected chi connectivity index (χ3v) is 2.50. The number of rotatable bonds is 3. The Hall–Kier alpha value is 0.421. The Kier molecular flexibility index (Phi) is 8.20. The van der Waals surface area contributed by atoms with Gasteiger partial charge in [0, 0.05) is 44.8 Å². The second-order valence-corrected chi connectivity index (χ2v) is 3.36. The van der Waals surface area contributed by atoms with Gasteiger partial charge in [0.25, 0.3) is 0 Å². The van der Waals surface area contributed by atoms with Crippen LogP contribution in [0.2, 0.25) is 0 Å². The van der Waals surface area contributed by atoms with Crippen molar-refractivity contribution < 1.29 is 64.6 Å². The van der Waals surface area contributed by atoms with Gasteiger partial charge in [-0.05, 0) is 12.8 Å². The summed E-state index contributed by atoms with van der Waals surface area (Å²) in [5.74, 6) is -1.97. The van der Waals surface area contributed by atoms with Crippen LogP contribution in [0.1, 0.15) is 32.1 Å². The summed E-state index contributed by atoms with van der Waals surface area (Å²) < 4.78 is 0. The molecule has 1 saturated carbocycles. The molecule has 0 unspecified atom stereocenters. The summed E-state index contributed by atoms with van der Waals surface area (Å²) in [6.45, 7) is 0. The number of carboxylic acid groups (broad SMARTS) is 2. The molecule has 0 heterocycles. The monoisotopic (exact) mass is 386 g/mol. The van der Waals surface area contributed by atoms with Crippen LogP contribution in [-0.2, 0) is 54.3 Å². The third kappa shape index (κ3) is 3.88. The summed E-state index contributed by atoms with van der Waals surface area (Å²) in [6, 6.07) is 0. The molecule has 1 aliphatic carbocycles. The number of carboxylic acids is 2. The molecule has 0 spiro atoms. The van der Waals surface area contributed by atoms with Gasteiger partial charge in [-0.1, -0.05) is 12.8 Å². The molecule has 0 aromatic heterocycles. The maximum Gasteiger partial charge on any atom is 0.310 e. The Morgan fingerprint density at radius 1 is 1.07 bits per heavy atom. The SMILES string of the molecule is O=C(O)CC1(C(=O)O)CCCC1.[Ag].[Ag]. The van der Waals surface area contributed by atoms with Gasteiger partial charge in [0.15, 0.2) is 0 Å². The number of hydrogen-bond acceptors (Lipinski definition) is 2. The van der Waals surface area contributed by atoms with Gasteiger partial charge >= 0.3 is 11.9 Å². The Morgan fingerprint density at radius 2 is 1.50 bits per heavy atom.